The van der Waals surface area contributed by atoms with Gasteiger partial charge in [0.05, 0.1) is 10.8 Å². The van der Waals surface area contributed by atoms with Crippen LogP contribution in [0.1, 0.15) is 6.92 Å². The van der Waals surface area contributed by atoms with E-state index in [-0.39, 0.29) is 0 Å². The summed E-state index contributed by atoms with van der Waals surface area (Å²) >= 11 is 0. The van der Waals surface area contributed by atoms with Gasteiger partial charge in [-0.15, -0.1) is 0 Å². The first-order valence-electron chi connectivity index (χ1n) is 4.68. The fourth-order valence-corrected chi connectivity index (χ4v) is 2.29. The summed E-state index contributed by atoms with van der Waals surface area (Å²) in [4.78, 5) is 0.922. The standard InChI is InChI=1S/C12H12OS/c1-2-14(13)12-8-7-10-5-3-4-6-11(10)9-12/h3-9H,2H2,1H3/t14-/m0/s1. The maximum Gasteiger partial charge on any atom is 0.0526 e. The summed E-state index contributed by atoms with van der Waals surface area (Å²) in [6, 6.07) is 14.1. The van der Waals surface area contributed by atoms with Crippen LogP contribution in [0.4, 0.5) is 0 Å². The molecule has 0 unspecified atom stereocenters. The lowest BCUT2D eigenvalue weighted by Crippen LogP contribution is -1.93. The Morgan fingerprint density at radius 3 is 2.50 bits per heavy atom. The quantitative estimate of drug-likeness (QED) is 0.735. The molecule has 0 aliphatic carbocycles. The van der Waals surface area contributed by atoms with Gasteiger partial charge in [-0.2, -0.15) is 0 Å². The highest BCUT2D eigenvalue weighted by molar-refractivity contribution is 7.85. The van der Waals surface area contributed by atoms with Crippen molar-refractivity contribution in [3.63, 3.8) is 0 Å². The molecule has 72 valence electrons. The Kier molecular flexibility index (Phi) is 2.64. The van der Waals surface area contributed by atoms with E-state index in [1.54, 1.807) is 0 Å². The normalized spacial score (nSPS) is 12.9. The molecule has 0 bridgehead atoms. The predicted molar refractivity (Wildman–Crippen MR) is 60.9 cm³/mol. The summed E-state index contributed by atoms with van der Waals surface area (Å²) in [5.41, 5.74) is 0. The molecule has 0 saturated carbocycles. The van der Waals surface area contributed by atoms with Crippen molar-refractivity contribution in [3.05, 3.63) is 42.5 Å². The van der Waals surface area contributed by atoms with Crippen LogP contribution < -0.4 is 0 Å². The summed E-state index contributed by atoms with van der Waals surface area (Å²) in [6.07, 6.45) is 0. The maximum atomic E-state index is 11.6. The van der Waals surface area contributed by atoms with Crippen LogP contribution in [0.2, 0.25) is 0 Å². The van der Waals surface area contributed by atoms with Crippen LogP contribution in [0, 0.1) is 0 Å². The summed E-state index contributed by atoms with van der Waals surface area (Å²) in [5, 5.41) is 2.36. The van der Waals surface area contributed by atoms with E-state index in [9.17, 15) is 4.21 Å². The van der Waals surface area contributed by atoms with Crippen LogP contribution in [0.3, 0.4) is 0 Å². The minimum absolute atomic E-state index is 0.679. The lowest BCUT2D eigenvalue weighted by molar-refractivity contribution is 0.684. The van der Waals surface area contributed by atoms with E-state index in [1.807, 2.05) is 43.3 Å². The molecule has 1 atom stereocenters. The molecule has 0 aliphatic heterocycles. The van der Waals surface area contributed by atoms with E-state index in [1.165, 1.54) is 5.39 Å². The molecule has 0 heterocycles. The van der Waals surface area contributed by atoms with Gasteiger partial charge in [0.2, 0.25) is 0 Å². The Labute approximate surface area is 86.2 Å². The number of rotatable bonds is 2. The third-order valence-electron chi connectivity index (χ3n) is 2.25. The molecule has 2 rings (SSSR count). The average molecular weight is 204 g/mol. The van der Waals surface area contributed by atoms with Crippen molar-refractivity contribution in [2.24, 2.45) is 0 Å². The molecule has 0 fully saturated rings. The van der Waals surface area contributed by atoms with Crippen molar-refractivity contribution in [3.8, 4) is 0 Å². The number of hydrogen-bond donors (Lipinski definition) is 0. The van der Waals surface area contributed by atoms with Crippen molar-refractivity contribution in [2.45, 2.75) is 11.8 Å². The van der Waals surface area contributed by atoms with E-state index < -0.39 is 10.8 Å². The van der Waals surface area contributed by atoms with Gasteiger partial charge in [-0.1, -0.05) is 37.3 Å². The third kappa shape index (κ3) is 1.70. The Bertz CT molecular complexity index is 476. The zero-order chi connectivity index (χ0) is 9.97. The monoisotopic (exact) mass is 204 g/mol. The van der Waals surface area contributed by atoms with Crippen LogP contribution in [-0.2, 0) is 10.8 Å². The smallest absolute Gasteiger partial charge is 0.0526 e. The summed E-state index contributed by atoms with van der Waals surface area (Å²) in [6.45, 7) is 1.94. The fourth-order valence-electron chi connectivity index (χ4n) is 1.48. The Morgan fingerprint density at radius 2 is 1.79 bits per heavy atom. The van der Waals surface area contributed by atoms with Crippen molar-refractivity contribution in [1.82, 2.24) is 0 Å². The Balaban J connectivity index is 2.56. The van der Waals surface area contributed by atoms with Gasteiger partial charge in [0.1, 0.15) is 0 Å². The van der Waals surface area contributed by atoms with E-state index in [2.05, 4.69) is 6.07 Å². The van der Waals surface area contributed by atoms with Crippen molar-refractivity contribution >= 4 is 21.6 Å². The van der Waals surface area contributed by atoms with Gasteiger partial charge in [0.25, 0.3) is 0 Å². The first kappa shape index (κ1) is 9.41. The van der Waals surface area contributed by atoms with Crippen LogP contribution in [0.5, 0.6) is 0 Å². The van der Waals surface area contributed by atoms with Gasteiger partial charge in [0, 0.05) is 10.6 Å². The van der Waals surface area contributed by atoms with Crippen LogP contribution >= 0.6 is 0 Å². The van der Waals surface area contributed by atoms with Crippen LogP contribution in [0.25, 0.3) is 10.8 Å². The van der Waals surface area contributed by atoms with Gasteiger partial charge >= 0.3 is 0 Å². The molecular formula is C12H12OS. The first-order valence-corrected chi connectivity index (χ1v) is 6.00. The molecular weight excluding hydrogens is 192 g/mol. The van der Waals surface area contributed by atoms with E-state index in [0.29, 0.717) is 5.75 Å². The summed E-state index contributed by atoms with van der Waals surface area (Å²) in [5.74, 6) is 0.679. The molecule has 0 N–H and O–H groups in total. The van der Waals surface area contributed by atoms with Gasteiger partial charge in [-0.05, 0) is 22.9 Å². The van der Waals surface area contributed by atoms with Gasteiger partial charge in [-0.25, -0.2) is 0 Å². The Morgan fingerprint density at radius 1 is 1.07 bits per heavy atom. The van der Waals surface area contributed by atoms with Crippen LogP contribution in [-0.4, -0.2) is 9.96 Å². The zero-order valence-corrected chi connectivity index (χ0v) is 8.88. The minimum atomic E-state index is -0.846. The highest BCUT2D eigenvalue weighted by Crippen LogP contribution is 2.17. The van der Waals surface area contributed by atoms with Crippen molar-refractivity contribution in [1.29, 1.82) is 0 Å². The van der Waals surface area contributed by atoms with Gasteiger partial charge < -0.3 is 0 Å². The second kappa shape index (κ2) is 3.93. The Hall–Kier alpha value is -1.15. The minimum Gasteiger partial charge on any atom is -0.254 e. The summed E-state index contributed by atoms with van der Waals surface area (Å²) < 4.78 is 11.6. The maximum absolute atomic E-state index is 11.6. The summed E-state index contributed by atoms with van der Waals surface area (Å²) in [7, 11) is -0.846. The molecule has 2 aromatic carbocycles. The molecule has 0 radical (unpaired) electrons. The van der Waals surface area contributed by atoms with E-state index in [4.69, 9.17) is 0 Å². The van der Waals surface area contributed by atoms with E-state index >= 15 is 0 Å². The molecule has 1 nitrogen and oxygen atoms in total. The molecule has 0 aromatic heterocycles. The predicted octanol–water partition coefficient (Wildman–Crippen LogP) is 2.97. The first-order chi connectivity index (χ1) is 6.81. The molecule has 2 heteroatoms. The van der Waals surface area contributed by atoms with Gasteiger partial charge in [0.15, 0.2) is 0 Å². The molecule has 2 aromatic rings. The highest BCUT2D eigenvalue weighted by atomic mass is 32.2. The SMILES string of the molecule is CC[S@](=O)c1ccc2ccccc2c1. The number of fused-ring (bicyclic) bond motifs is 1. The van der Waals surface area contributed by atoms with E-state index in [0.717, 1.165) is 10.3 Å². The molecule has 0 aliphatic rings. The highest BCUT2D eigenvalue weighted by Gasteiger charge is 2.01. The fraction of sp³-hybridized carbons (Fsp3) is 0.167. The lowest BCUT2D eigenvalue weighted by atomic mass is 10.1. The molecule has 14 heavy (non-hydrogen) atoms. The second-order valence-electron chi connectivity index (χ2n) is 3.14. The topological polar surface area (TPSA) is 17.1 Å². The van der Waals surface area contributed by atoms with Crippen molar-refractivity contribution in [2.75, 3.05) is 5.75 Å². The number of hydrogen-bond acceptors (Lipinski definition) is 1. The van der Waals surface area contributed by atoms with Gasteiger partial charge in [-0.3, -0.25) is 4.21 Å². The van der Waals surface area contributed by atoms with Crippen LogP contribution in [0.15, 0.2) is 47.4 Å². The largest absolute Gasteiger partial charge is 0.254 e. The molecule has 0 amide bonds. The molecule has 0 saturated heterocycles. The second-order valence-corrected chi connectivity index (χ2v) is 4.88. The van der Waals surface area contributed by atoms with Crippen molar-refractivity contribution < 1.29 is 4.21 Å². The number of benzene rings is 2. The third-order valence-corrected chi connectivity index (χ3v) is 3.55. The molecule has 0 spiro atoms. The lowest BCUT2D eigenvalue weighted by Gasteiger charge is -2.01. The average Bonchev–Trinajstić information content (AvgIpc) is 2.27. The zero-order valence-electron chi connectivity index (χ0n) is 8.07.